The maximum absolute atomic E-state index is 6.93. The summed E-state index contributed by atoms with van der Waals surface area (Å²) in [5.74, 6) is 0. The third-order valence-corrected chi connectivity index (χ3v) is 13.9. The highest BCUT2D eigenvalue weighted by atomic mass is 35.5. The molecule has 2 nitrogen and oxygen atoms in total. The van der Waals surface area contributed by atoms with Crippen LogP contribution in [0.5, 0.6) is 5.06 Å². The lowest BCUT2D eigenvalue weighted by atomic mass is 10.1. The van der Waals surface area contributed by atoms with Crippen molar-refractivity contribution in [3.63, 3.8) is 0 Å². The van der Waals surface area contributed by atoms with E-state index in [4.69, 9.17) is 16.0 Å². The molecule has 0 saturated heterocycles. The number of fused-ring (bicyclic) bond motifs is 1. The molecular weight excluding hydrogens is 402 g/mol. The van der Waals surface area contributed by atoms with Gasteiger partial charge in [0.2, 0.25) is 0 Å². The fraction of sp³-hybridized carbons (Fsp3) is 0.565. The van der Waals surface area contributed by atoms with Crippen molar-refractivity contribution in [3.05, 3.63) is 51.4 Å². The van der Waals surface area contributed by atoms with E-state index in [-0.39, 0.29) is 0 Å². The number of rotatable bonds is 7. The minimum absolute atomic E-state index is 0.600. The zero-order valence-electron chi connectivity index (χ0n) is 18.1. The van der Waals surface area contributed by atoms with Gasteiger partial charge in [-0.15, -0.1) is 11.3 Å². The van der Waals surface area contributed by atoms with Crippen LogP contribution in [-0.4, -0.2) is 19.8 Å². The van der Waals surface area contributed by atoms with Crippen molar-refractivity contribution in [1.29, 1.82) is 0 Å². The Bertz CT molecular complexity index is 780. The van der Waals surface area contributed by atoms with E-state index in [9.17, 15) is 0 Å². The summed E-state index contributed by atoms with van der Waals surface area (Å²) in [7, 11) is -1.89. The Morgan fingerprint density at radius 1 is 1.07 bits per heavy atom. The predicted molar refractivity (Wildman–Crippen MR) is 125 cm³/mol. The first-order chi connectivity index (χ1) is 13.2. The Labute approximate surface area is 181 Å². The fourth-order valence-corrected chi connectivity index (χ4v) is 11.7. The lowest BCUT2D eigenvalue weighted by Crippen LogP contribution is -2.50. The molecule has 0 N–H and O–H groups in total. The number of thiophene rings is 1. The summed E-state index contributed by atoms with van der Waals surface area (Å²) in [6, 6.07) is 10.5. The predicted octanol–water partition coefficient (Wildman–Crippen LogP) is 7.51. The first kappa shape index (κ1) is 21.9. The maximum Gasteiger partial charge on any atom is 0.259 e. The van der Waals surface area contributed by atoms with Crippen molar-refractivity contribution in [3.8, 4) is 5.06 Å². The molecular formula is C23H34ClNOSSi. The average molecular weight is 436 g/mol. The Balaban J connectivity index is 1.77. The Morgan fingerprint density at radius 3 is 2.32 bits per heavy atom. The molecule has 0 fully saturated rings. The monoisotopic (exact) mass is 435 g/mol. The van der Waals surface area contributed by atoms with Gasteiger partial charge in [-0.2, -0.15) is 0 Å². The SMILES string of the molecule is CC(C)[Si](Oc1cc2c(s1)CCN(Cc1ccccc1Cl)C2)(C(C)C)C(C)C. The molecule has 0 radical (unpaired) electrons. The van der Waals surface area contributed by atoms with Crippen LogP contribution in [0.2, 0.25) is 21.6 Å². The quantitative estimate of drug-likeness (QED) is 0.417. The first-order valence-corrected chi connectivity index (χ1v) is 13.8. The first-order valence-electron chi connectivity index (χ1n) is 10.5. The summed E-state index contributed by atoms with van der Waals surface area (Å²) in [4.78, 5) is 4.00. The normalized spacial score (nSPS) is 15.5. The molecule has 0 bridgehead atoms. The lowest BCUT2D eigenvalue weighted by Gasteiger charge is -2.41. The molecule has 28 heavy (non-hydrogen) atoms. The summed E-state index contributed by atoms with van der Waals surface area (Å²) in [6.07, 6.45) is 1.10. The highest BCUT2D eigenvalue weighted by Gasteiger charge is 2.47. The topological polar surface area (TPSA) is 12.5 Å². The molecule has 1 aromatic carbocycles. The summed E-state index contributed by atoms with van der Waals surface area (Å²) in [6.45, 7) is 17.1. The molecule has 0 spiro atoms. The second kappa shape index (κ2) is 8.91. The highest BCUT2D eigenvalue weighted by Crippen LogP contribution is 2.45. The summed E-state index contributed by atoms with van der Waals surface area (Å²) < 4.78 is 6.93. The molecule has 0 unspecified atom stereocenters. The third kappa shape index (κ3) is 4.35. The van der Waals surface area contributed by atoms with E-state index in [0.29, 0.717) is 16.6 Å². The van der Waals surface area contributed by atoms with Gasteiger partial charge in [-0.3, -0.25) is 4.90 Å². The highest BCUT2D eigenvalue weighted by molar-refractivity contribution is 7.14. The van der Waals surface area contributed by atoms with E-state index in [2.05, 4.69) is 64.6 Å². The van der Waals surface area contributed by atoms with Crippen molar-refractivity contribution < 1.29 is 4.43 Å². The second-order valence-electron chi connectivity index (χ2n) is 8.99. The number of halogens is 1. The molecule has 2 heterocycles. The van der Waals surface area contributed by atoms with Crippen LogP contribution in [0.25, 0.3) is 0 Å². The standard InChI is InChI=1S/C23H34ClNOSSi/c1-16(2)28(17(3)4,18(5)6)26-23-13-20-15-25(12-11-22(20)27-23)14-19-9-7-8-10-21(19)24/h7-10,13,16-18H,11-12,14-15H2,1-6H3. The number of nitrogens with zero attached hydrogens (tertiary/aromatic N) is 1. The van der Waals surface area contributed by atoms with Gasteiger partial charge in [0, 0.05) is 29.5 Å². The van der Waals surface area contributed by atoms with Gasteiger partial charge in [0.25, 0.3) is 8.32 Å². The Hall–Kier alpha value is -0.813. The van der Waals surface area contributed by atoms with E-state index in [1.54, 1.807) is 0 Å². The summed E-state index contributed by atoms with van der Waals surface area (Å²) in [5.41, 5.74) is 4.46. The Morgan fingerprint density at radius 2 is 1.71 bits per heavy atom. The van der Waals surface area contributed by atoms with Crippen LogP contribution in [0.1, 0.15) is 57.5 Å². The molecule has 0 atom stereocenters. The van der Waals surface area contributed by atoms with Gasteiger partial charge in [0.15, 0.2) is 5.06 Å². The van der Waals surface area contributed by atoms with Gasteiger partial charge in [-0.1, -0.05) is 71.3 Å². The molecule has 1 aromatic heterocycles. The van der Waals surface area contributed by atoms with Gasteiger partial charge in [-0.25, -0.2) is 0 Å². The lowest BCUT2D eigenvalue weighted by molar-refractivity contribution is 0.247. The number of hydrogen-bond donors (Lipinski definition) is 0. The van der Waals surface area contributed by atoms with E-state index < -0.39 is 8.32 Å². The maximum atomic E-state index is 6.93. The average Bonchev–Trinajstić information content (AvgIpc) is 3.02. The molecule has 154 valence electrons. The minimum Gasteiger partial charge on any atom is -0.536 e. The molecule has 1 aliphatic heterocycles. The van der Waals surface area contributed by atoms with Crippen molar-refractivity contribution in [2.45, 2.75) is 77.7 Å². The van der Waals surface area contributed by atoms with Gasteiger partial charge < -0.3 is 4.43 Å². The number of benzene rings is 1. The molecule has 1 aliphatic rings. The molecule has 2 aromatic rings. The van der Waals surface area contributed by atoms with E-state index >= 15 is 0 Å². The smallest absolute Gasteiger partial charge is 0.259 e. The summed E-state index contributed by atoms with van der Waals surface area (Å²) in [5, 5.41) is 2.01. The summed E-state index contributed by atoms with van der Waals surface area (Å²) >= 11 is 8.25. The van der Waals surface area contributed by atoms with Crippen LogP contribution in [0, 0.1) is 0 Å². The molecule has 0 aliphatic carbocycles. The van der Waals surface area contributed by atoms with Crippen LogP contribution >= 0.6 is 22.9 Å². The van der Waals surface area contributed by atoms with Crippen molar-refractivity contribution >= 4 is 31.3 Å². The van der Waals surface area contributed by atoms with E-state index in [1.165, 1.54) is 16.0 Å². The Kier molecular flexibility index (Phi) is 6.96. The zero-order valence-corrected chi connectivity index (χ0v) is 20.7. The molecule has 3 rings (SSSR count). The van der Waals surface area contributed by atoms with Crippen LogP contribution in [0.15, 0.2) is 30.3 Å². The van der Waals surface area contributed by atoms with Crippen LogP contribution < -0.4 is 4.43 Å². The second-order valence-corrected chi connectivity index (χ2v) is 15.9. The fourth-order valence-electron chi connectivity index (χ4n) is 4.94. The van der Waals surface area contributed by atoms with Crippen molar-refractivity contribution in [2.24, 2.45) is 0 Å². The van der Waals surface area contributed by atoms with Crippen molar-refractivity contribution in [2.75, 3.05) is 6.54 Å². The minimum atomic E-state index is -1.89. The van der Waals surface area contributed by atoms with E-state index in [1.807, 2.05) is 23.5 Å². The van der Waals surface area contributed by atoms with E-state index in [0.717, 1.165) is 36.1 Å². The molecule has 0 amide bonds. The van der Waals surface area contributed by atoms with Gasteiger partial charge >= 0.3 is 0 Å². The van der Waals surface area contributed by atoms with Crippen LogP contribution in [0.4, 0.5) is 0 Å². The largest absolute Gasteiger partial charge is 0.536 e. The van der Waals surface area contributed by atoms with Crippen molar-refractivity contribution in [1.82, 2.24) is 4.90 Å². The third-order valence-electron chi connectivity index (χ3n) is 6.26. The van der Waals surface area contributed by atoms with Gasteiger partial charge in [-0.05, 0) is 46.3 Å². The van der Waals surface area contributed by atoms with Crippen LogP contribution in [0.3, 0.4) is 0 Å². The molecule has 0 saturated carbocycles. The van der Waals surface area contributed by atoms with Gasteiger partial charge in [0.05, 0.1) is 0 Å². The van der Waals surface area contributed by atoms with Gasteiger partial charge in [0.1, 0.15) is 0 Å². The zero-order chi connectivity index (χ0) is 20.5. The van der Waals surface area contributed by atoms with Crippen LogP contribution in [-0.2, 0) is 19.5 Å². The molecule has 5 heteroatoms. The number of hydrogen-bond acceptors (Lipinski definition) is 3.